The fourth-order valence-corrected chi connectivity index (χ4v) is 1.31. The van der Waals surface area contributed by atoms with E-state index < -0.39 is 0 Å². The van der Waals surface area contributed by atoms with Crippen LogP contribution < -0.4 is 4.74 Å². The fourth-order valence-electron chi connectivity index (χ4n) is 0.798. The van der Waals surface area contributed by atoms with Crippen molar-refractivity contribution in [3.63, 3.8) is 0 Å². The number of rotatable bonds is 2. The number of hydrogen-bond acceptors (Lipinski definition) is 4. The zero-order valence-electron chi connectivity index (χ0n) is 7.20. The van der Waals surface area contributed by atoms with Crippen LogP contribution in [-0.4, -0.2) is 25.2 Å². The maximum atomic E-state index is 11.2. The summed E-state index contributed by atoms with van der Waals surface area (Å²) >= 11 is 2.01. The lowest BCUT2D eigenvalue weighted by Crippen LogP contribution is -2.05. The van der Waals surface area contributed by atoms with Crippen molar-refractivity contribution in [3.8, 4) is 5.88 Å². The summed E-state index contributed by atoms with van der Waals surface area (Å²) in [6, 6.07) is 1.55. The minimum Gasteiger partial charge on any atom is -0.481 e. The number of halogens is 1. The first kappa shape index (κ1) is 10.2. The summed E-state index contributed by atoms with van der Waals surface area (Å²) in [6.45, 7) is 0. The van der Waals surface area contributed by atoms with Gasteiger partial charge in [-0.1, -0.05) is 0 Å². The van der Waals surface area contributed by atoms with E-state index in [1.165, 1.54) is 14.2 Å². The van der Waals surface area contributed by atoms with Crippen LogP contribution in [0.2, 0.25) is 0 Å². The van der Waals surface area contributed by atoms with Gasteiger partial charge in [-0.3, -0.25) is 0 Å². The lowest BCUT2D eigenvalue weighted by atomic mass is 10.3. The van der Waals surface area contributed by atoms with Crippen LogP contribution in [-0.2, 0) is 4.74 Å². The van der Waals surface area contributed by atoms with E-state index in [1.807, 2.05) is 22.6 Å². The van der Waals surface area contributed by atoms with Gasteiger partial charge in [0.1, 0.15) is 0 Å². The quantitative estimate of drug-likeness (QED) is 0.612. The van der Waals surface area contributed by atoms with Crippen molar-refractivity contribution in [1.29, 1.82) is 0 Å². The van der Waals surface area contributed by atoms with Gasteiger partial charge in [0.05, 0.1) is 19.8 Å². The highest BCUT2D eigenvalue weighted by Crippen LogP contribution is 2.16. The van der Waals surface area contributed by atoms with Crippen LogP contribution in [0.15, 0.2) is 12.3 Å². The zero-order valence-corrected chi connectivity index (χ0v) is 9.36. The number of pyridine rings is 1. The van der Waals surface area contributed by atoms with Gasteiger partial charge in [-0.25, -0.2) is 9.78 Å². The fraction of sp³-hybridized carbons (Fsp3) is 0.250. The summed E-state index contributed by atoms with van der Waals surface area (Å²) in [5, 5.41) is 0. The third kappa shape index (κ3) is 2.30. The second-order valence-electron chi connectivity index (χ2n) is 2.20. The van der Waals surface area contributed by atoms with E-state index in [0.717, 1.165) is 3.57 Å². The molecule has 0 atom stereocenters. The number of carbonyl (C=O) groups is 1. The summed E-state index contributed by atoms with van der Waals surface area (Å²) in [6.07, 6.45) is 1.56. The summed E-state index contributed by atoms with van der Waals surface area (Å²) in [5.41, 5.74) is 0.468. The van der Waals surface area contributed by atoms with E-state index in [0.29, 0.717) is 11.4 Å². The monoisotopic (exact) mass is 293 g/mol. The van der Waals surface area contributed by atoms with Crippen LogP contribution >= 0.6 is 22.6 Å². The molecule has 0 N–H and O–H groups in total. The Morgan fingerprint density at radius 1 is 1.54 bits per heavy atom. The first-order chi connectivity index (χ1) is 6.19. The Hall–Kier alpha value is -0.850. The standard InChI is InChI=1S/C8H8INO3/c1-12-7-3-5(8(11)13-2)6(9)4-10-7/h3-4H,1-2H3. The lowest BCUT2D eigenvalue weighted by molar-refractivity contribution is 0.0599. The maximum Gasteiger partial charge on any atom is 0.339 e. The van der Waals surface area contributed by atoms with Gasteiger partial charge in [-0.05, 0) is 22.6 Å². The molecule has 70 valence electrons. The van der Waals surface area contributed by atoms with E-state index in [2.05, 4.69) is 9.72 Å². The Morgan fingerprint density at radius 2 is 2.23 bits per heavy atom. The molecule has 1 heterocycles. The van der Waals surface area contributed by atoms with Crippen molar-refractivity contribution in [3.05, 3.63) is 21.4 Å². The Kier molecular flexibility index (Phi) is 3.47. The van der Waals surface area contributed by atoms with E-state index >= 15 is 0 Å². The van der Waals surface area contributed by atoms with Crippen molar-refractivity contribution in [2.75, 3.05) is 14.2 Å². The normalized spacial score (nSPS) is 9.46. The molecule has 0 saturated heterocycles. The van der Waals surface area contributed by atoms with Crippen LogP contribution in [0.3, 0.4) is 0 Å². The molecule has 1 rings (SSSR count). The largest absolute Gasteiger partial charge is 0.481 e. The molecule has 0 saturated carbocycles. The van der Waals surface area contributed by atoms with Gasteiger partial charge in [0, 0.05) is 15.8 Å². The minimum absolute atomic E-state index is 0.384. The van der Waals surface area contributed by atoms with Gasteiger partial charge in [0.2, 0.25) is 5.88 Å². The molecule has 0 aliphatic heterocycles. The number of carbonyl (C=O) groups excluding carboxylic acids is 1. The third-order valence-electron chi connectivity index (χ3n) is 1.44. The Bertz CT molecular complexity index is 327. The number of ether oxygens (including phenoxy) is 2. The lowest BCUT2D eigenvalue weighted by Gasteiger charge is -2.03. The molecule has 0 bridgehead atoms. The number of nitrogens with zero attached hydrogens (tertiary/aromatic N) is 1. The van der Waals surface area contributed by atoms with Crippen molar-refractivity contribution in [2.45, 2.75) is 0 Å². The van der Waals surface area contributed by atoms with E-state index in [-0.39, 0.29) is 5.97 Å². The molecular weight excluding hydrogens is 285 g/mol. The van der Waals surface area contributed by atoms with Crippen molar-refractivity contribution < 1.29 is 14.3 Å². The molecular formula is C8H8INO3. The second kappa shape index (κ2) is 4.40. The predicted octanol–water partition coefficient (Wildman–Crippen LogP) is 1.48. The average Bonchev–Trinajstić information content (AvgIpc) is 2.17. The summed E-state index contributed by atoms with van der Waals surface area (Å²) < 4.78 is 10.2. The highest BCUT2D eigenvalue weighted by Gasteiger charge is 2.11. The highest BCUT2D eigenvalue weighted by molar-refractivity contribution is 14.1. The van der Waals surface area contributed by atoms with Gasteiger partial charge in [-0.15, -0.1) is 0 Å². The Labute approximate surface area is 89.4 Å². The predicted molar refractivity (Wildman–Crippen MR) is 54.8 cm³/mol. The van der Waals surface area contributed by atoms with Crippen molar-refractivity contribution in [1.82, 2.24) is 4.98 Å². The molecule has 0 spiro atoms. The third-order valence-corrected chi connectivity index (χ3v) is 2.30. The molecule has 0 unspecified atom stereocenters. The molecule has 0 fully saturated rings. The molecule has 1 aromatic rings. The Morgan fingerprint density at radius 3 is 2.77 bits per heavy atom. The van der Waals surface area contributed by atoms with Gasteiger partial charge in [0.15, 0.2) is 0 Å². The molecule has 1 aromatic heterocycles. The maximum absolute atomic E-state index is 11.2. The molecule has 5 heteroatoms. The minimum atomic E-state index is -0.384. The van der Waals surface area contributed by atoms with Crippen LogP contribution in [0.1, 0.15) is 10.4 Å². The van der Waals surface area contributed by atoms with Crippen molar-refractivity contribution >= 4 is 28.6 Å². The van der Waals surface area contributed by atoms with Crippen LogP contribution in [0, 0.1) is 3.57 Å². The molecule has 0 aliphatic rings. The van der Waals surface area contributed by atoms with Gasteiger partial charge >= 0.3 is 5.97 Å². The molecule has 0 amide bonds. The summed E-state index contributed by atoms with van der Waals surface area (Å²) in [5.74, 6) is 0.0194. The summed E-state index contributed by atoms with van der Waals surface area (Å²) in [7, 11) is 2.83. The SMILES string of the molecule is COC(=O)c1cc(OC)ncc1I. The first-order valence-electron chi connectivity index (χ1n) is 3.47. The smallest absolute Gasteiger partial charge is 0.339 e. The van der Waals surface area contributed by atoms with E-state index in [9.17, 15) is 4.79 Å². The topological polar surface area (TPSA) is 48.4 Å². The van der Waals surface area contributed by atoms with Crippen LogP contribution in [0.25, 0.3) is 0 Å². The number of esters is 1. The average molecular weight is 293 g/mol. The number of methoxy groups -OCH3 is 2. The van der Waals surface area contributed by atoms with E-state index in [1.54, 1.807) is 12.3 Å². The molecule has 0 radical (unpaired) electrons. The van der Waals surface area contributed by atoms with Gasteiger partial charge in [0.25, 0.3) is 0 Å². The molecule has 4 nitrogen and oxygen atoms in total. The van der Waals surface area contributed by atoms with E-state index in [4.69, 9.17) is 4.74 Å². The van der Waals surface area contributed by atoms with Crippen molar-refractivity contribution in [2.24, 2.45) is 0 Å². The number of hydrogen-bond donors (Lipinski definition) is 0. The van der Waals surface area contributed by atoms with Crippen LogP contribution in [0.4, 0.5) is 0 Å². The van der Waals surface area contributed by atoms with Gasteiger partial charge < -0.3 is 9.47 Å². The van der Waals surface area contributed by atoms with Gasteiger partial charge in [-0.2, -0.15) is 0 Å². The second-order valence-corrected chi connectivity index (χ2v) is 3.36. The zero-order chi connectivity index (χ0) is 9.84. The number of aromatic nitrogens is 1. The highest BCUT2D eigenvalue weighted by atomic mass is 127. The molecule has 13 heavy (non-hydrogen) atoms. The molecule has 0 aromatic carbocycles. The van der Waals surface area contributed by atoms with Crippen LogP contribution in [0.5, 0.6) is 5.88 Å². The molecule has 0 aliphatic carbocycles. The summed E-state index contributed by atoms with van der Waals surface area (Å²) in [4.78, 5) is 15.1. The Balaban J connectivity index is 3.11. The first-order valence-corrected chi connectivity index (χ1v) is 4.54.